The number of rotatable bonds is 8. The number of anilines is 1. The number of para-hydroxylation sites is 1. The van der Waals surface area contributed by atoms with Crippen LogP contribution in [-0.2, 0) is 21.2 Å². The van der Waals surface area contributed by atoms with Crippen LogP contribution in [0.25, 0.3) is 0 Å². The van der Waals surface area contributed by atoms with E-state index < -0.39 is 10.0 Å². The second-order valence-electron chi connectivity index (χ2n) is 7.97. The first-order chi connectivity index (χ1) is 14.4. The number of likely N-dealkylation sites (tertiary alicyclic amines) is 1. The normalized spacial score (nSPS) is 17.6. The van der Waals surface area contributed by atoms with E-state index >= 15 is 0 Å². The van der Waals surface area contributed by atoms with Gasteiger partial charge in [0, 0.05) is 18.8 Å². The van der Waals surface area contributed by atoms with E-state index in [4.69, 9.17) is 0 Å². The molecule has 0 radical (unpaired) electrons. The molecule has 6 nitrogen and oxygen atoms in total. The largest absolute Gasteiger partial charge is 0.325 e. The highest BCUT2D eigenvalue weighted by Gasteiger charge is 2.24. The lowest BCUT2D eigenvalue weighted by atomic mass is 9.98. The molecule has 7 heteroatoms. The maximum atomic E-state index is 12.5. The molecule has 1 aliphatic rings. The third-order valence-electron chi connectivity index (χ3n) is 5.54. The standard InChI is InChI=1S/C23H31N3O3S/c1-3-20-8-4-5-9-22(20)25-23(27)17-26-14-6-7-19(16-26)15-24-30(28,29)21-12-10-18(2)11-13-21/h4-5,8-13,19,24H,3,6-7,14-17H2,1-2H3,(H,25,27). The van der Waals surface area contributed by atoms with Gasteiger partial charge in [0.05, 0.1) is 11.4 Å². The minimum atomic E-state index is -3.51. The van der Waals surface area contributed by atoms with Crippen molar-refractivity contribution in [3.8, 4) is 0 Å². The third-order valence-corrected chi connectivity index (χ3v) is 6.98. The zero-order chi connectivity index (χ0) is 21.6. The highest BCUT2D eigenvalue weighted by atomic mass is 32.2. The average Bonchev–Trinajstić information content (AvgIpc) is 2.73. The van der Waals surface area contributed by atoms with E-state index in [1.165, 1.54) is 0 Å². The number of hydrogen-bond acceptors (Lipinski definition) is 4. The van der Waals surface area contributed by atoms with Crippen molar-refractivity contribution in [1.29, 1.82) is 0 Å². The molecule has 1 atom stereocenters. The first kappa shape index (κ1) is 22.5. The highest BCUT2D eigenvalue weighted by Crippen LogP contribution is 2.19. The fraction of sp³-hybridized carbons (Fsp3) is 0.435. The summed E-state index contributed by atoms with van der Waals surface area (Å²) in [5.74, 6) is 0.159. The van der Waals surface area contributed by atoms with Gasteiger partial charge in [0.25, 0.3) is 0 Å². The Hall–Kier alpha value is -2.22. The molecule has 30 heavy (non-hydrogen) atoms. The molecule has 1 aliphatic heterocycles. The van der Waals surface area contributed by atoms with Crippen molar-refractivity contribution in [2.75, 3.05) is 31.5 Å². The van der Waals surface area contributed by atoms with Crippen molar-refractivity contribution in [3.05, 3.63) is 59.7 Å². The van der Waals surface area contributed by atoms with Gasteiger partial charge in [-0.25, -0.2) is 13.1 Å². The molecule has 1 unspecified atom stereocenters. The lowest BCUT2D eigenvalue weighted by Crippen LogP contribution is -2.43. The molecule has 2 aromatic carbocycles. The summed E-state index contributed by atoms with van der Waals surface area (Å²) in [4.78, 5) is 14.9. The summed E-state index contributed by atoms with van der Waals surface area (Å²) in [7, 11) is -3.51. The quantitative estimate of drug-likeness (QED) is 0.676. The van der Waals surface area contributed by atoms with Gasteiger partial charge in [-0.3, -0.25) is 9.69 Å². The summed E-state index contributed by atoms with van der Waals surface area (Å²) in [6, 6.07) is 14.7. The number of carbonyl (C=O) groups excluding carboxylic acids is 1. The minimum absolute atomic E-state index is 0.0308. The molecular weight excluding hydrogens is 398 g/mol. The predicted molar refractivity (Wildman–Crippen MR) is 120 cm³/mol. The number of aryl methyl sites for hydroxylation is 2. The van der Waals surface area contributed by atoms with E-state index in [0.29, 0.717) is 19.6 Å². The van der Waals surface area contributed by atoms with Gasteiger partial charge in [0.15, 0.2) is 0 Å². The molecule has 1 amide bonds. The van der Waals surface area contributed by atoms with Crippen molar-refractivity contribution in [2.45, 2.75) is 38.0 Å². The van der Waals surface area contributed by atoms with Gasteiger partial charge in [0.2, 0.25) is 15.9 Å². The van der Waals surface area contributed by atoms with Gasteiger partial charge < -0.3 is 5.32 Å². The predicted octanol–water partition coefficient (Wildman–Crippen LogP) is 3.19. The highest BCUT2D eigenvalue weighted by molar-refractivity contribution is 7.89. The molecule has 1 saturated heterocycles. The average molecular weight is 430 g/mol. The second kappa shape index (κ2) is 10.2. The van der Waals surface area contributed by atoms with Crippen LogP contribution in [0.5, 0.6) is 0 Å². The zero-order valence-electron chi connectivity index (χ0n) is 17.7. The van der Waals surface area contributed by atoms with Crippen LogP contribution < -0.4 is 10.0 Å². The lowest BCUT2D eigenvalue weighted by molar-refractivity contribution is -0.117. The first-order valence-electron chi connectivity index (χ1n) is 10.5. The smallest absolute Gasteiger partial charge is 0.240 e. The van der Waals surface area contributed by atoms with Gasteiger partial charge in [-0.15, -0.1) is 0 Å². The molecule has 0 aromatic heterocycles. The molecule has 2 aromatic rings. The number of nitrogens with one attached hydrogen (secondary N) is 2. The Morgan fingerprint density at radius 1 is 1.13 bits per heavy atom. The summed E-state index contributed by atoms with van der Waals surface area (Å²) in [6.45, 7) is 6.25. The fourth-order valence-corrected chi connectivity index (χ4v) is 4.95. The maximum absolute atomic E-state index is 12.5. The zero-order valence-corrected chi connectivity index (χ0v) is 18.5. The van der Waals surface area contributed by atoms with Crippen LogP contribution in [0.1, 0.15) is 30.9 Å². The van der Waals surface area contributed by atoms with E-state index in [1.807, 2.05) is 31.2 Å². The molecule has 0 bridgehead atoms. The van der Waals surface area contributed by atoms with Crippen molar-refractivity contribution < 1.29 is 13.2 Å². The Morgan fingerprint density at radius 3 is 2.60 bits per heavy atom. The summed E-state index contributed by atoms with van der Waals surface area (Å²) >= 11 is 0. The number of benzene rings is 2. The number of sulfonamides is 1. The SMILES string of the molecule is CCc1ccccc1NC(=O)CN1CCCC(CNS(=O)(=O)c2ccc(C)cc2)C1. The van der Waals surface area contributed by atoms with Gasteiger partial charge in [-0.2, -0.15) is 0 Å². The first-order valence-corrected chi connectivity index (χ1v) is 12.0. The molecule has 0 saturated carbocycles. The van der Waals surface area contributed by atoms with Crippen LogP contribution in [-0.4, -0.2) is 45.4 Å². The summed E-state index contributed by atoms with van der Waals surface area (Å²) in [5.41, 5.74) is 3.01. The number of nitrogens with zero attached hydrogens (tertiary/aromatic N) is 1. The molecule has 162 valence electrons. The summed E-state index contributed by atoms with van der Waals surface area (Å²) in [5, 5.41) is 3.01. The van der Waals surface area contributed by atoms with Crippen LogP contribution in [0, 0.1) is 12.8 Å². The van der Waals surface area contributed by atoms with Crippen molar-refractivity contribution in [2.24, 2.45) is 5.92 Å². The summed E-state index contributed by atoms with van der Waals surface area (Å²) < 4.78 is 27.8. The second-order valence-corrected chi connectivity index (χ2v) is 9.73. The van der Waals surface area contributed by atoms with Crippen LogP contribution in [0.2, 0.25) is 0 Å². The fourth-order valence-electron chi connectivity index (χ4n) is 3.83. The van der Waals surface area contributed by atoms with Gasteiger partial charge in [-0.1, -0.05) is 42.8 Å². The van der Waals surface area contributed by atoms with E-state index in [0.717, 1.165) is 42.6 Å². The Morgan fingerprint density at radius 2 is 1.87 bits per heavy atom. The molecule has 2 N–H and O–H groups in total. The minimum Gasteiger partial charge on any atom is -0.325 e. The van der Waals surface area contributed by atoms with Gasteiger partial charge >= 0.3 is 0 Å². The Kier molecular flexibility index (Phi) is 7.64. The maximum Gasteiger partial charge on any atom is 0.240 e. The van der Waals surface area contributed by atoms with E-state index in [1.54, 1.807) is 24.3 Å². The monoisotopic (exact) mass is 429 g/mol. The summed E-state index contributed by atoms with van der Waals surface area (Å²) in [6.07, 6.45) is 2.77. The number of hydrogen-bond donors (Lipinski definition) is 2. The van der Waals surface area contributed by atoms with Gasteiger partial charge in [-0.05, 0) is 62.4 Å². The van der Waals surface area contributed by atoms with Crippen molar-refractivity contribution in [3.63, 3.8) is 0 Å². The van der Waals surface area contributed by atoms with Gasteiger partial charge in [0.1, 0.15) is 0 Å². The van der Waals surface area contributed by atoms with E-state index in [2.05, 4.69) is 21.9 Å². The number of carbonyl (C=O) groups is 1. The number of amides is 1. The Bertz CT molecular complexity index is 958. The lowest BCUT2D eigenvalue weighted by Gasteiger charge is -2.32. The van der Waals surface area contributed by atoms with Crippen LogP contribution in [0.4, 0.5) is 5.69 Å². The number of piperidine rings is 1. The van der Waals surface area contributed by atoms with Crippen LogP contribution in [0.3, 0.4) is 0 Å². The van der Waals surface area contributed by atoms with E-state index in [-0.39, 0.29) is 16.7 Å². The molecule has 3 rings (SSSR count). The topological polar surface area (TPSA) is 78.5 Å². The molecule has 1 heterocycles. The Labute approximate surface area is 179 Å². The van der Waals surface area contributed by atoms with E-state index in [9.17, 15) is 13.2 Å². The van der Waals surface area contributed by atoms with Crippen molar-refractivity contribution >= 4 is 21.6 Å². The molecule has 0 spiro atoms. The van der Waals surface area contributed by atoms with Crippen LogP contribution >= 0.6 is 0 Å². The molecule has 1 fully saturated rings. The molecular formula is C23H31N3O3S. The molecule has 0 aliphatic carbocycles. The third kappa shape index (κ3) is 6.14. The van der Waals surface area contributed by atoms with Crippen LogP contribution in [0.15, 0.2) is 53.4 Å². The Balaban J connectivity index is 1.51. The van der Waals surface area contributed by atoms with Crippen molar-refractivity contribution in [1.82, 2.24) is 9.62 Å².